The predicted octanol–water partition coefficient (Wildman–Crippen LogP) is 1.74. The minimum absolute atomic E-state index is 0.362. The van der Waals surface area contributed by atoms with E-state index >= 15 is 0 Å². The van der Waals surface area contributed by atoms with Crippen LogP contribution in [0.5, 0.6) is 0 Å². The lowest BCUT2D eigenvalue weighted by Gasteiger charge is -2.36. The summed E-state index contributed by atoms with van der Waals surface area (Å²) in [6, 6.07) is 4.66. The zero-order chi connectivity index (χ0) is 17.0. The molecular formula is C16H23F3N2O2. The van der Waals surface area contributed by atoms with Crippen molar-refractivity contribution in [1.29, 1.82) is 0 Å². The van der Waals surface area contributed by atoms with Gasteiger partial charge in [0, 0.05) is 39.3 Å². The highest BCUT2D eigenvalue weighted by atomic mass is 19.4. The molecule has 0 saturated carbocycles. The van der Waals surface area contributed by atoms with E-state index in [9.17, 15) is 23.4 Å². The van der Waals surface area contributed by atoms with E-state index < -0.39 is 17.8 Å². The maximum Gasteiger partial charge on any atom is 0.416 e. The number of aliphatic hydroxyl groups is 2. The number of nitrogens with zero attached hydrogens (tertiary/aromatic N) is 2. The fourth-order valence-electron chi connectivity index (χ4n) is 2.77. The lowest BCUT2D eigenvalue weighted by Crippen LogP contribution is -2.49. The molecule has 1 saturated heterocycles. The van der Waals surface area contributed by atoms with Crippen molar-refractivity contribution in [2.24, 2.45) is 0 Å². The van der Waals surface area contributed by atoms with Gasteiger partial charge in [0.25, 0.3) is 0 Å². The molecule has 1 aromatic rings. The van der Waals surface area contributed by atoms with Gasteiger partial charge in [-0.05, 0) is 24.6 Å². The molecule has 23 heavy (non-hydrogen) atoms. The van der Waals surface area contributed by atoms with Crippen LogP contribution in [0.4, 0.5) is 13.2 Å². The second kappa shape index (κ2) is 7.61. The smallest absolute Gasteiger partial charge is 0.392 e. The van der Waals surface area contributed by atoms with Crippen molar-refractivity contribution in [3.05, 3.63) is 35.4 Å². The molecule has 2 atom stereocenters. The van der Waals surface area contributed by atoms with Gasteiger partial charge < -0.3 is 10.2 Å². The number of benzene rings is 1. The molecule has 1 aliphatic heterocycles. The van der Waals surface area contributed by atoms with E-state index in [-0.39, 0.29) is 6.10 Å². The summed E-state index contributed by atoms with van der Waals surface area (Å²) in [5.41, 5.74) is -0.218. The van der Waals surface area contributed by atoms with E-state index in [4.69, 9.17) is 0 Å². The van der Waals surface area contributed by atoms with E-state index in [1.54, 1.807) is 6.92 Å². The third-order valence-corrected chi connectivity index (χ3v) is 4.04. The molecule has 1 fully saturated rings. The Morgan fingerprint density at radius 3 is 1.87 bits per heavy atom. The van der Waals surface area contributed by atoms with Crippen LogP contribution in [0.15, 0.2) is 24.3 Å². The number of alkyl halides is 3. The highest BCUT2D eigenvalue weighted by Crippen LogP contribution is 2.30. The molecule has 0 aliphatic carbocycles. The van der Waals surface area contributed by atoms with Crippen LogP contribution in [0.3, 0.4) is 0 Å². The number of β-amino-alcohol motifs (C(OH)–C–C–N with tert-alkyl or cyclic N) is 2. The Morgan fingerprint density at radius 1 is 0.957 bits per heavy atom. The van der Waals surface area contributed by atoms with Gasteiger partial charge in [-0.15, -0.1) is 0 Å². The van der Waals surface area contributed by atoms with Gasteiger partial charge in [0.05, 0.1) is 17.8 Å². The number of rotatable bonds is 5. The molecule has 4 nitrogen and oxygen atoms in total. The summed E-state index contributed by atoms with van der Waals surface area (Å²) in [6.07, 6.45) is -5.52. The summed E-state index contributed by atoms with van der Waals surface area (Å²) in [5.74, 6) is 0. The van der Waals surface area contributed by atoms with Crippen molar-refractivity contribution < 1.29 is 23.4 Å². The van der Waals surface area contributed by atoms with Gasteiger partial charge in [0.1, 0.15) is 0 Å². The summed E-state index contributed by atoms with van der Waals surface area (Å²) in [6.45, 7) is 5.94. The van der Waals surface area contributed by atoms with E-state index in [1.807, 2.05) is 0 Å². The zero-order valence-electron chi connectivity index (χ0n) is 13.1. The molecule has 0 bridgehead atoms. The Morgan fingerprint density at radius 2 is 1.43 bits per heavy atom. The van der Waals surface area contributed by atoms with Crippen LogP contribution in [0.1, 0.15) is 24.2 Å². The third-order valence-electron chi connectivity index (χ3n) is 4.04. The van der Waals surface area contributed by atoms with Crippen LogP contribution in [0.25, 0.3) is 0 Å². The molecule has 1 aliphatic rings. The summed E-state index contributed by atoms with van der Waals surface area (Å²) in [7, 11) is 0. The van der Waals surface area contributed by atoms with Gasteiger partial charge in [0.15, 0.2) is 0 Å². The van der Waals surface area contributed by atoms with Gasteiger partial charge in [-0.2, -0.15) is 13.2 Å². The van der Waals surface area contributed by atoms with Gasteiger partial charge >= 0.3 is 6.18 Å². The topological polar surface area (TPSA) is 46.9 Å². The molecule has 7 heteroatoms. The van der Waals surface area contributed by atoms with Gasteiger partial charge in [0.2, 0.25) is 0 Å². The van der Waals surface area contributed by atoms with Crippen LogP contribution in [-0.2, 0) is 6.18 Å². The first-order valence-electron chi connectivity index (χ1n) is 7.73. The highest BCUT2D eigenvalue weighted by Gasteiger charge is 2.30. The first-order valence-corrected chi connectivity index (χ1v) is 7.73. The Hall–Kier alpha value is -1.15. The monoisotopic (exact) mass is 332 g/mol. The third kappa shape index (κ3) is 5.46. The predicted molar refractivity (Wildman–Crippen MR) is 81.0 cm³/mol. The van der Waals surface area contributed by atoms with Crippen LogP contribution in [-0.4, -0.2) is 65.4 Å². The van der Waals surface area contributed by atoms with E-state index in [0.29, 0.717) is 18.7 Å². The lowest BCUT2D eigenvalue weighted by atomic mass is 10.1. The quantitative estimate of drug-likeness (QED) is 0.862. The molecule has 1 aromatic carbocycles. The largest absolute Gasteiger partial charge is 0.416 e. The molecule has 0 spiro atoms. The summed E-state index contributed by atoms with van der Waals surface area (Å²) in [4.78, 5) is 4.24. The lowest BCUT2D eigenvalue weighted by molar-refractivity contribution is -0.137. The van der Waals surface area contributed by atoms with Crippen molar-refractivity contribution in [3.63, 3.8) is 0 Å². The van der Waals surface area contributed by atoms with Gasteiger partial charge in [-0.3, -0.25) is 9.80 Å². The number of halogens is 3. The Balaban J connectivity index is 1.84. The average Bonchev–Trinajstić information content (AvgIpc) is 2.48. The first-order chi connectivity index (χ1) is 10.8. The summed E-state index contributed by atoms with van der Waals surface area (Å²) < 4.78 is 37.6. The standard InChI is InChI=1S/C16H23F3N2O2/c1-12(22)10-20-6-8-21(9-7-20)11-15(23)13-2-4-14(5-3-13)16(17,18)19/h2-5,12,15,22-23H,6-11H2,1H3/t12-,15-/m1/s1. The molecule has 0 amide bonds. The molecule has 0 unspecified atom stereocenters. The average molecular weight is 332 g/mol. The number of hydrogen-bond donors (Lipinski definition) is 2. The fraction of sp³-hybridized carbons (Fsp3) is 0.625. The Bertz CT molecular complexity index is 483. The zero-order valence-corrected chi connectivity index (χ0v) is 13.1. The highest BCUT2D eigenvalue weighted by molar-refractivity contribution is 5.26. The minimum atomic E-state index is -4.36. The number of piperazine rings is 1. The van der Waals surface area contributed by atoms with Crippen LogP contribution in [0.2, 0.25) is 0 Å². The van der Waals surface area contributed by atoms with E-state index in [1.165, 1.54) is 12.1 Å². The molecule has 2 rings (SSSR count). The van der Waals surface area contributed by atoms with Crippen molar-refractivity contribution in [2.45, 2.75) is 25.3 Å². The van der Waals surface area contributed by atoms with E-state index in [0.717, 1.165) is 38.3 Å². The maximum atomic E-state index is 12.5. The second-order valence-electron chi connectivity index (χ2n) is 6.09. The van der Waals surface area contributed by atoms with Crippen molar-refractivity contribution in [3.8, 4) is 0 Å². The van der Waals surface area contributed by atoms with Crippen molar-refractivity contribution in [1.82, 2.24) is 9.80 Å². The molecular weight excluding hydrogens is 309 g/mol. The minimum Gasteiger partial charge on any atom is -0.392 e. The maximum absolute atomic E-state index is 12.5. The number of hydrogen-bond acceptors (Lipinski definition) is 4. The van der Waals surface area contributed by atoms with Gasteiger partial charge in [-0.1, -0.05) is 12.1 Å². The van der Waals surface area contributed by atoms with Gasteiger partial charge in [-0.25, -0.2) is 0 Å². The fourth-order valence-corrected chi connectivity index (χ4v) is 2.77. The van der Waals surface area contributed by atoms with Crippen LogP contribution < -0.4 is 0 Å². The van der Waals surface area contributed by atoms with Crippen LogP contribution >= 0.6 is 0 Å². The summed E-state index contributed by atoms with van der Waals surface area (Å²) >= 11 is 0. The molecule has 0 radical (unpaired) electrons. The SMILES string of the molecule is C[C@@H](O)CN1CCN(C[C@@H](O)c2ccc(C(F)(F)F)cc2)CC1. The molecule has 1 heterocycles. The first kappa shape index (κ1) is 18.2. The van der Waals surface area contributed by atoms with Crippen molar-refractivity contribution in [2.75, 3.05) is 39.3 Å². The normalized spacial score (nSPS) is 20.4. The molecule has 0 aromatic heterocycles. The van der Waals surface area contributed by atoms with Crippen LogP contribution in [0, 0.1) is 0 Å². The molecule has 2 N–H and O–H groups in total. The number of aliphatic hydroxyl groups excluding tert-OH is 2. The Kier molecular flexibility index (Phi) is 6.02. The van der Waals surface area contributed by atoms with Crippen molar-refractivity contribution >= 4 is 0 Å². The summed E-state index contributed by atoms with van der Waals surface area (Å²) in [5, 5.41) is 19.6. The van der Waals surface area contributed by atoms with E-state index in [2.05, 4.69) is 9.80 Å². The molecule has 130 valence electrons. The second-order valence-corrected chi connectivity index (χ2v) is 6.09. The Labute approximate surface area is 134 Å².